The molecule has 0 bridgehead atoms. The van der Waals surface area contributed by atoms with Crippen molar-refractivity contribution in [1.82, 2.24) is 15.1 Å². The molecule has 3 nitrogen and oxygen atoms in total. The Morgan fingerprint density at radius 2 is 1.86 bits per heavy atom. The van der Waals surface area contributed by atoms with E-state index in [9.17, 15) is 0 Å². The second kappa shape index (κ2) is 4.60. The lowest BCUT2D eigenvalue weighted by Gasteiger charge is -2.33. The first-order chi connectivity index (χ1) is 6.77. The summed E-state index contributed by atoms with van der Waals surface area (Å²) in [4.78, 5) is 5.27. The van der Waals surface area contributed by atoms with Crippen molar-refractivity contribution in [2.45, 2.75) is 32.4 Å². The van der Waals surface area contributed by atoms with Gasteiger partial charge in [-0.05, 0) is 20.3 Å². The maximum absolute atomic E-state index is 3.42. The number of likely N-dealkylation sites (tertiary alicyclic amines) is 1. The van der Waals surface area contributed by atoms with Crippen molar-refractivity contribution in [2.24, 2.45) is 0 Å². The van der Waals surface area contributed by atoms with E-state index in [0.717, 1.165) is 12.1 Å². The van der Waals surface area contributed by atoms with Crippen LogP contribution in [-0.4, -0.2) is 61.2 Å². The molecule has 0 aromatic rings. The molecule has 0 saturated carbocycles. The molecule has 2 fully saturated rings. The topological polar surface area (TPSA) is 18.5 Å². The van der Waals surface area contributed by atoms with Gasteiger partial charge in [-0.25, -0.2) is 0 Å². The first-order valence-corrected chi connectivity index (χ1v) is 5.96. The molecule has 2 heterocycles. The lowest BCUT2D eigenvalue weighted by Crippen LogP contribution is -2.49. The molecule has 3 heteroatoms. The van der Waals surface area contributed by atoms with Crippen LogP contribution in [0.25, 0.3) is 0 Å². The zero-order valence-electron chi connectivity index (χ0n) is 9.50. The standard InChI is InChI=1S/C11H23N3/c1-10(2)14-6-3-11(9-14)13-7-4-12-5-8-13/h10-12H,3-9H2,1-2H3/t11-/m1/s1. The van der Waals surface area contributed by atoms with Gasteiger partial charge in [-0.1, -0.05) is 0 Å². The van der Waals surface area contributed by atoms with Gasteiger partial charge in [0, 0.05) is 51.4 Å². The highest BCUT2D eigenvalue weighted by atomic mass is 15.3. The summed E-state index contributed by atoms with van der Waals surface area (Å²) in [5, 5.41) is 3.42. The van der Waals surface area contributed by atoms with Crippen molar-refractivity contribution >= 4 is 0 Å². The highest BCUT2D eigenvalue weighted by Gasteiger charge is 2.29. The molecule has 0 aromatic carbocycles. The molecule has 0 aromatic heterocycles. The predicted molar refractivity (Wildman–Crippen MR) is 59.6 cm³/mol. The Hall–Kier alpha value is -0.120. The summed E-state index contributed by atoms with van der Waals surface area (Å²) < 4.78 is 0. The quantitative estimate of drug-likeness (QED) is 0.690. The molecule has 14 heavy (non-hydrogen) atoms. The maximum Gasteiger partial charge on any atom is 0.0236 e. The van der Waals surface area contributed by atoms with Crippen molar-refractivity contribution in [3.05, 3.63) is 0 Å². The summed E-state index contributed by atoms with van der Waals surface area (Å²) in [6, 6.07) is 1.56. The molecule has 0 unspecified atom stereocenters. The Kier molecular flexibility index (Phi) is 3.42. The fourth-order valence-electron chi connectivity index (χ4n) is 2.58. The molecule has 2 aliphatic rings. The zero-order valence-corrected chi connectivity index (χ0v) is 9.50. The van der Waals surface area contributed by atoms with Crippen LogP contribution in [0.4, 0.5) is 0 Å². The van der Waals surface area contributed by atoms with Gasteiger partial charge in [0.25, 0.3) is 0 Å². The molecule has 0 radical (unpaired) electrons. The normalized spacial score (nSPS) is 31.5. The van der Waals surface area contributed by atoms with Gasteiger partial charge in [0.05, 0.1) is 0 Å². The SMILES string of the molecule is CC(C)N1CC[C@@H](N2CCNCC2)C1. The lowest BCUT2D eigenvalue weighted by molar-refractivity contribution is 0.165. The molecule has 2 rings (SSSR count). The van der Waals surface area contributed by atoms with Crippen molar-refractivity contribution in [1.29, 1.82) is 0 Å². The molecule has 0 aliphatic carbocycles. The van der Waals surface area contributed by atoms with Crippen LogP contribution < -0.4 is 5.32 Å². The average molecular weight is 197 g/mol. The van der Waals surface area contributed by atoms with Crippen LogP contribution in [0.2, 0.25) is 0 Å². The zero-order chi connectivity index (χ0) is 9.97. The first kappa shape index (κ1) is 10.4. The minimum absolute atomic E-state index is 0.725. The van der Waals surface area contributed by atoms with Gasteiger partial charge in [0.2, 0.25) is 0 Å². The van der Waals surface area contributed by atoms with E-state index in [4.69, 9.17) is 0 Å². The third-order valence-electron chi connectivity index (χ3n) is 3.59. The van der Waals surface area contributed by atoms with Gasteiger partial charge in [-0.2, -0.15) is 0 Å². The Morgan fingerprint density at radius 1 is 1.14 bits per heavy atom. The van der Waals surface area contributed by atoms with Gasteiger partial charge < -0.3 is 5.32 Å². The van der Waals surface area contributed by atoms with E-state index < -0.39 is 0 Å². The van der Waals surface area contributed by atoms with E-state index in [1.807, 2.05) is 0 Å². The van der Waals surface area contributed by atoms with E-state index in [-0.39, 0.29) is 0 Å². The Balaban J connectivity index is 1.82. The minimum atomic E-state index is 0.725. The number of nitrogens with one attached hydrogen (secondary N) is 1. The highest BCUT2D eigenvalue weighted by Crippen LogP contribution is 2.17. The number of nitrogens with zero attached hydrogens (tertiary/aromatic N) is 2. The van der Waals surface area contributed by atoms with E-state index in [1.165, 1.54) is 45.7 Å². The smallest absolute Gasteiger partial charge is 0.0236 e. The summed E-state index contributed by atoms with van der Waals surface area (Å²) in [5.41, 5.74) is 0. The number of piperazine rings is 1. The Bertz CT molecular complexity index is 175. The molecule has 1 atom stereocenters. The van der Waals surface area contributed by atoms with Crippen molar-refractivity contribution in [2.75, 3.05) is 39.3 Å². The average Bonchev–Trinajstić information content (AvgIpc) is 2.68. The maximum atomic E-state index is 3.42. The van der Waals surface area contributed by atoms with Gasteiger partial charge in [0.15, 0.2) is 0 Å². The third kappa shape index (κ3) is 2.27. The van der Waals surface area contributed by atoms with Gasteiger partial charge in [-0.15, -0.1) is 0 Å². The molecule has 0 amide bonds. The second-order valence-corrected chi connectivity index (χ2v) is 4.82. The molecular formula is C11H23N3. The van der Waals surface area contributed by atoms with Crippen LogP contribution in [-0.2, 0) is 0 Å². The molecular weight excluding hydrogens is 174 g/mol. The van der Waals surface area contributed by atoms with Crippen LogP contribution in [0.5, 0.6) is 0 Å². The van der Waals surface area contributed by atoms with E-state index in [1.54, 1.807) is 0 Å². The Morgan fingerprint density at radius 3 is 2.43 bits per heavy atom. The second-order valence-electron chi connectivity index (χ2n) is 4.82. The minimum Gasteiger partial charge on any atom is -0.314 e. The summed E-state index contributed by atoms with van der Waals surface area (Å²) in [5.74, 6) is 0. The van der Waals surface area contributed by atoms with E-state index in [0.29, 0.717) is 0 Å². The summed E-state index contributed by atoms with van der Waals surface area (Å²) in [6.45, 7) is 12.0. The number of hydrogen-bond acceptors (Lipinski definition) is 3. The van der Waals surface area contributed by atoms with Crippen LogP contribution in [0.1, 0.15) is 20.3 Å². The molecule has 1 N–H and O–H groups in total. The predicted octanol–water partition coefficient (Wildman–Crippen LogP) is 0.374. The Labute approximate surface area is 87.4 Å². The fraction of sp³-hybridized carbons (Fsp3) is 1.00. The monoisotopic (exact) mass is 197 g/mol. The molecule has 2 saturated heterocycles. The van der Waals surface area contributed by atoms with Crippen molar-refractivity contribution < 1.29 is 0 Å². The summed E-state index contributed by atoms with van der Waals surface area (Å²) >= 11 is 0. The fourth-order valence-corrected chi connectivity index (χ4v) is 2.58. The molecule has 82 valence electrons. The van der Waals surface area contributed by atoms with Gasteiger partial charge in [-0.3, -0.25) is 9.80 Å². The summed E-state index contributed by atoms with van der Waals surface area (Å²) in [6.07, 6.45) is 1.37. The lowest BCUT2D eigenvalue weighted by atomic mass is 10.2. The molecule has 0 spiro atoms. The molecule has 2 aliphatic heterocycles. The van der Waals surface area contributed by atoms with Crippen LogP contribution in [0.15, 0.2) is 0 Å². The number of rotatable bonds is 2. The third-order valence-corrected chi connectivity index (χ3v) is 3.59. The number of hydrogen-bond donors (Lipinski definition) is 1. The van der Waals surface area contributed by atoms with E-state index >= 15 is 0 Å². The van der Waals surface area contributed by atoms with Crippen molar-refractivity contribution in [3.8, 4) is 0 Å². The highest BCUT2D eigenvalue weighted by molar-refractivity contribution is 4.86. The van der Waals surface area contributed by atoms with Gasteiger partial charge in [0.1, 0.15) is 0 Å². The van der Waals surface area contributed by atoms with Gasteiger partial charge >= 0.3 is 0 Å². The van der Waals surface area contributed by atoms with Crippen LogP contribution in [0, 0.1) is 0 Å². The van der Waals surface area contributed by atoms with Crippen LogP contribution in [0.3, 0.4) is 0 Å². The summed E-state index contributed by atoms with van der Waals surface area (Å²) in [7, 11) is 0. The van der Waals surface area contributed by atoms with E-state index in [2.05, 4.69) is 29.0 Å². The van der Waals surface area contributed by atoms with Crippen LogP contribution >= 0.6 is 0 Å². The first-order valence-electron chi connectivity index (χ1n) is 5.96. The van der Waals surface area contributed by atoms with Crippen molar-refractivity contribution in [3.63, 3.8) is 0 Å². The largest absolute Gasteiger partial charge is 0.314 e.